The number of nitrogens with one attached hydrogen (secondary N) is 1. The summed E-state index contributed by atoms with van der Waals surface area (Å²) in [5, 5.41) is 2.88. The smallest absolute Gasteiger partial charge is 0.306 e. The van der Waals surface area contributed by atoms with Crippen LogP contribution in [0.2, 0.25) is 5.02 Å². The van der Waals surface area contributed by atoms with E-state index in [9.17, 15) is 14.0 Å². The van der Waals surface area contributed by atoms with Crippen molar-refractivity contribution in [3.8, 4) is 0 Å². The highest BCUT2D eigenvalue weighted by Crippen LogP contribution is 2.30. The molecule has 1 heterocycles. The number of amides is 2. The van der Waals surface area contributed by atoms with Crippen LogP contribution in [-0.4, -0.2) is 18.4 Å². The van der Waals surface area contributed by atoms with Crippen LogP contribution in [0.15, 0.2) is 36.4 Å². The van der Waals surface area contributed by atoms with Crippen LogP contribution in [-0.2, 0) is 17.6 Å². The summed E-state index contributed by atoms with van der Waals surface area (Å²) in [6, 6.07) is 9.91. The molecule has 0 aliphatic carbocycles. The Morgan fingerprint density at radius 1 is 1.28 bits per heavy atom. The number of para-hydroxylation sites is 1. The molecule has 1 N–H and O–H groups in total. The number of carbonyl (C=O) groups is 2. The van der Waals surface area contributed by atoms with Crippen molar-refractivity contribution in [3.05, 3.63) is 58.4 Å². The number of hydrogen-bond donors (Lipinski definition) is 1. The second kappa shape index (κ2) is 7.23. The van der Waals surface area contributed by atoms with Crippen LogP contribution < -0.4 is 10.2 Å². The van der Waals surface area contributed by atoms with Crippen LogP contribution >= 0.6 is 11.6 Å². The van der Waals surface area contributed by atoms with Crippen molar-refractivity contribution in [3.63, 3.8) is 0 Å². The number of aryl methyl sites for hydroxylation is 1. The molecule has 1 aliphatic heterocycles. The molecule has 25 heavy (non-hydrogen) atoms. The minimum Gasteiger partial charge on any atom is -0.306 e. The predicted octanol–water partition coefficient (Wildman–Crippen LogP) is 4.60. The molecule has 2 aromatic carbocycles. The van der Waals surface area contributed by atoms with E-state index in [1.54, 1.807) is 4.90 Å². The Balaban J connectivity index is 1.82. The fourth-order valence-corrected chi connectivity index (χ4v) is 3.25. The fraction of sp³-hybridized carbons (Fsp3) is 0.263. The molecule has 3 rings (SSSR count). The first kappa shape index (κ1) is 17.4. The molecule has 0 saturated heterocycles. The molecule has 130 valence electrons. The van der Waals surface area contributed by atoms with E-state index in [1.807, 2.05) is 24.3 Å². The van der Waals surface area contributed by atoms with Crippen LogP contribution in [0.4, 0.5) is 20.6 Å². The summed E-state index contributed by atoms with van der Waals surface area (Å²) in [7, 11) is 0. The van der Waals surface area contributed by atoms with Crippen molar-refractivity contribution >= 4 is 34.8 Å². The summed E-state index contributed by atoms with van der Waals surface area (Å²) in [6.07, 6.45) is 1.76. The van der Waals surface area contributed by atoms with Gasteiger partial charge in [0.2, 0.25) is 0 Å². The molecule has 0 unspecified atom stereocenters. The lowest BCUT2D eigenvalue weighted by atomic mass is 10.0. The molecule has 0 spiro atoms. The SMILES string of the molecule is CC(=O)Cc1cc(Cl)c(NC(=O)N2CCCc3ccccc32)cc1F. The van der Waals surface area contributed by atoms with Crippen LogP contribution in [0.1, 0.15) is 24.5 Å². The highest BCUT2D eigenvalue weighted by atomic mass is 35.5. The molecular formula is C19H18ClFN2O2. The highest BCUT2D eigenvalue weighted by molar-refractivity contribution is 6.34. The van der Waals surface area contributed by atoms with E-state index in [2.05, 4.69) is 5.32 Å². The standard InChI is InChI=1S/C19H18ClFN2O2/c1-12(24)9-14-10-15(20)17(11-16(14)21)22-19(25)23-8-4-6-13-5-2-3-7-18(13)23/h2-3,5,7,10-11H,4,6,8-9H2,1H3,(H,22,25). The van der Waals surface area contributed by atoms with Gasteiger partial charge in [-0.05, 0) is 49.1 Å². The zero-order chi connectivity index (χ0) is 18.0. The van der Waals surface area contributed by atoms with E-state index in [4.69, 9.17) is 11.6 Å². The molecule has 4 nitrogen and oxygen atoms in total. The number of hydrogen-bond acceptors (Lipinski definition) is 2. The summed E-state index contributed by atoms with van der Waals surface area (Å²) in [5.41, 5.74) is 2.38. The lowest BCUT2D eigenvalue weighted by Crippen LogP contribution is -2.38. The van der Waals surface area contributed by atoms with Crippen molar-refractivity contribution < 1.29 is 14.0 Å². The van der Waals surface area contributed by atoms with Crippen molar-refractivity contribution in [1.29, 1.82) is 0 Å². The average Bonchev–Trinajstić information content (AvgIpc) is 2.58. The molecule has 2 aromatic rings. The van der Waals surface area contributed by atoms with Crippen molar-refractivity contribution in [2.45, 2.75) is 26.2 Å². The number of benzene rings is 2. The van der Waals surface area contributed by atoms with Gasteiger partial charge < -0.3 is 5.32 Å². The van der Waals surface area contributed by atoms with Crippen molar-refractivity contribution in [2.24, 2.45) is 0 Å². The predicted molar refractivity (Wildman–Crippen MR) is 96.9 cm³/mol. The first-order chi connectivity index (χ1) is 12.0. The van der Waals surface area contributed by atoms with Gasteiger partial charge in [0.15, 0.2) is 0 Å². The zero-order valence-electron chi connectivity index (χ0n) is 13.8. The maximum Gasteiger partial charge on any atom is 0.326 e. The Hall–Kier alpha value is -2.40. The Morgan fingerprint density at radius 2 is 2.04 bits per heavy atom. The normalized spacial score (nSPS) is 13.3. The summed E-state index contributed by atoms with van der Waals surface area (Å²) in [6.45, 7) is 1.97. The van der Waals surface area contributed by atoms with Crippen molar-refractivity contribution in [2.75, 3.05) is 16.8 Å². The molecule has 0 aromatic heterocycles. The third-order valence-corrected chi connectivity index (χ3v) is 4.49. The maximum atomic E-state index is 14.1. The van der Waals surface area contributed by atoms with Gasteiger partial charge in [-0.2, -0.15) is 0 Å². The Morgan fingerprint density at radius 3 is 2.80 bits per heavy atom. The van der Waals surface area contributed by atoms with E-state index in [0.29, 0.717) is 6.54 Å². The van der Waals surface area contributed by atoms with Crippen molar-refractivity contribution in [1.82, 2.24) is 0 Å². The first-order valence-corrected chi connectivity index (χ1v) is 8.47. The third-order valence-electron chi connectivity index (χ3n) is 4.17. The lowest BCUT2D eigenvalue weighted by Gasteiger charge is -2.29. The molecule has 0 saturated carbocycles. The van der Waals surface area contributed by atoms with Crippen LogP contribution in [0.25, 0.3) is 0 Å². The second-order valence-electron chi connectivity index (χ2n) is 6.12. The van der Waals surface area contributed by atoms with Gasteiger partial charge >= 0.3 is 6.03 Å². The Kier molecular flexibility index (Phi) is 5.04. The molecule has 1 aliphatic rings. The topological polar surface area (TPSA) is 49.4 Å². The van der Waals surface area contributed by atoms with Gasteiger partial charge in [-0.1, -0.05) is 29.8 Å². The number of carbonyl (C=O) groups excluding carboxylic acids is 2. The van der Waals surface area contributed by atoms with Gasteiger partial charge in [0.05, 0.1) is 10.7 Å². The quantitative estimate of drug-likeness (QED) is 0.869. The second-order valence-corrected chi connectivity index (χ2v) is 6.52. The van der Waals surface area contributed by atoms with E-state index < -0.39 is 5.82 Å². The zero-order valence-corrected chi connectivity index (χ0v) is 14.6. The number of Topliss-reactive ketones (excluding diaryl/α,β-unsaturated/α-hetero) is 1. The van der Waals surface area contributed by atoms with Crippen LogP contribution in [0.5, 0.6) is 0 Å². The maximum absolute atomic E-state index is 14.1. The number of nitrogens with zero attached hydrogens (tertiary/aromatic N) is 1. The highest BCUT2D eigenvalue weighted by Gasteiger charge is 2.23. The van der Waals surface area contributed by atoms with Gasteiger partial charge in [-0.3, -0.25) is 9.69 Å². The van der Waals surface area contributed by atoms with Gasteiger partial charge in [-0.15, -0.1) is 0 Å². The number of fused-ring (bicyclic) bond motifs is 1. The van der Waals surface area contributed by atoms with Gasteiger partial charge in [0.25, 0.3) is 0 Å². The molecule has 2 amide bonds. The Bertz CT molecular complexity index is 838. The van der Waals surface area contributed by atoms with Gasteiger partial charge in [0.1, 0.15) is 11.6 Å². The molecule has 6 heteroatoms. The van der Waals surface area contributed by atoms with E-state index in [0.717, 1.165) is 30.2 Å². The minimum absolute atomic E-state index is 0.0285. The number of halogens is 2. The molecule has 0 radical (unpaired) electrons. The van der Waals surface area contributed by atoms with E-state index >= 15 is 0 Å². The lowest BCUT2D eigenvalue weighted by molar-refractivity contribution is -0.116. The molecule has 0 fully saturated rings. The van der Waals surface area contributed by atoms with Crippen LogP contribution in [0, 0.1) is 5.82 Å². The molecule has 0 atom stereocenters. The third kappa shape index (κ3) is 3.82. The minimum atomic E-state index is -0.561. The summed E-state index contributed by atoms with van der Waals surface area (Å²) < 4.78 is 14.1. The number of anilines is 2. The monoisotopic (exact) mass is 360 g/mol. The van der Waals surface area contributed by atoms with Crippen LogP contribution in [0.3, 0.4) is 0 Å². The van der Waals surface area contributed by atoms with E-state index in [1.165, 1.54) is 13.0 Å². The molecular weight excluding hydrogens is 343 g/mol. The Labute approximate surface area is 150 Å². The number of ketones is 1. The average molecular weight is 361 g/mol. The van der Waals surface area contributed by atoms with E-state index in [-0.39, 0.29) is 34.5 Å². The van der Waals surface area contributed by atoms with Gasteiger partial charge in [-0.25, -0.2) is 9.18 Å². The first-order valence-electron chi connectivity index (χ1n) is 8.09. The fourth-order valence-electron chi connectivity index (χ4n) is 3.01. The van der Waals surface area contributed by atoms with Gasteiger partial charge in [0, 0.05) is 18.7 Å². The largest absolute Gasteiger partial charge is 0.326 e. The summed E-state index contributed by atoms with van der Waals surface area (Å²) in [4.78, 5) is 25.4. The molecule has 0 bridgehead atoms. The summed E-state index contributed by atoms with van der Waals surface area (Å²) in [5.74, 6) is -0.717. The summed E-state index contributed by atoms with van der Waals surface area (Å²) >= 11 is 6.16. The number of rotatable bonds is 3. The number of urea groups is 1.